The van der Waals surface area contributed by atoms with Crippen molar-refractivity contribution in [2.24, 2.45) is 0 Å². The van der Waals surface area contributed by atoms with Crippen LogP contribution in [0.15, 0.2) is 24.3 Å². The fourth-order valence-corrected chi connectivity index (χ4v) is 2.09. The molecule has 0 heterocycles. The van der Waals surface area contributed by atoms with Crippen LogP contribution in [0.2, 0.25) is 8.94 Å². The summed E-state index contributed by atoms with van der Waals surface area (Å²) < 4.78 is 0.902. The average molecular weight is 277 g/mol. The first-order chi connectivity index (χ1) is 5.72. The minimum atomic E-state index is 0.223. The Morgan fingerprint density at radius 1 is 1.33 bits per heavy atom. The molecule has 66 valence electrons. The second kappa shape index (κ2) is 4.74. The van der Waals surface area contributed by atoms with Crippen molar-refractivity contribution in [2.75, 3.05) is 5.73 Å². The van der Waals surface area contributed by atoms with Crippen LogP contribution >= 0.6 is 0 Å². The zero-order chi connectivity index (χ0) is 8.97. The van der Waals surface area contributed by atoms with Gasteiger partial charge in [-0.15, -0.1) is 0 Å². The summed E-state index contributed by atoms with van der Waals surface area (Å²) in [7, 11) is 0. The van der Waals surface area contributed by atoms with E-state index in [2.05, 4.69) is 24.0 Å². The Hall–Kier alpha value is -0.190. The molecule has 0 spiro atoms. The third-order valence-corrected chi connectivity index (χ3v) is 4.68. The number of hydrogen-bond acceptors (Lipinski definition) is 1. The van der Waals surface area contributed by atoms with Gasteiger partial charge in [-0.05, 0) is 0 Å². The zero-order valence-corrected chi connectivity index (χ0v) is 9.91. The normalized spacial score (nSPS) is 12.8. The quantitative estimate of drug-likeness (QED) is 0.666. The van der Waals surface area contributed by atoms with Crippen LogP contribution < -0.4 is 5.73 Å². The summed E-state index contributed by atoms with van der Waals surface area (Å²) in [5.41, 5.74) is 7.88. The van der Waals surface area contributed by atoms with Crippen LogP contribution in [0.5, 0.6) is 0 Å². The molecule has 0 aromatic heterocycles. The predicted molar refractivity (Wildman–Crippen MR) is 55.6 cm³/mol. The molecule has 0 aliphatic heterocycles. The molecule has 1 nitrogen and oxygen atoms in total. The Kier molecular flexibility index (Phi) is 3.91. The van der Waals surface area contributed by atoms with E-state index in [-0.39, 0.29) is 20.9 Å². The van der Waals surface area contributed by atoms with Gasteiger partial charge in [-0.1, -0.05) is 0 Å². The van der Waals surface area contributed by atoms with Gasteiger partial charge in [-0.2, -0.15) is 0 Å². The van der Waals surface area contributed by atoms with Crippen LogP contribution in [-0.2, 0) is 6.42 Å². The van der Waals surface area contributed by atoms with E-state index in [1.165, 1.54) is 12.0 Å². The minimum absolute atomic E-state index is 0.223. The van der Waals surface area contributed by atoms with Crippen molar-refractivity contribution in [3.63, 3.8) is 0 Å². The number of hydrogen-bond donors (Lipinski definition) is 1. The second-order valence-corrected chi connectivity index (χ2v) is 6.63. The van der Waals surface area contributed by atoms with E-state index in [0.717, 1.165) is 9.65 Å². The fraction of sp³-hybridized carbons (Fsp3) is 0.400. The van der Waals surface area contributed by atoms with Crippen LogP contribution in [0.1, 0.15) is 12.5 Å². The summed E-state index contributed by atoms with van der Waals surface area (Å²) in [4.78, 5) is 2.35. The zero-order valence-electron chi connectivity index (χ0n) is 7.58. The van der Waals surface area contributed by atoms with E-state index in [0.29, 0.717) is 0 Å². The maximum atomic E-state index is 5.60. The van der Waals surface area contributed by atoms with Crippen molar-refractivity contribution in [1.82, 2.24) is 0 Å². The van der Waals surface area contributed by atoms with E-state index >= 15 is 0 Å². The van der Waals surface area contributed by atoms with Gasteiger partial charge in [0.25, 0.3) is 0 Å². The van der Waals surface area contributed by atoms with Crippen molar-refractivity contribution in [3.8, 4) is 0 Å². The molecule has 0 fully saturated rings. The third-order valence-electron chi connectivity index (χ3n) is 1.91. The van der Waals surface area contributed by atoms with Gasteiger partial charge in [0, 0.05) is 0 Å². The molecule has 1 aromatic rings. The van der Waals surface area contributed by atoms with Gasteiger partial charge in [-0.3, -0.25) is 0 Å². The molecule has 1 aromatic carbocycles. The SMILES string of the molecule is C[Te]C(C)Cc1ccc(N)cc1. The second-order valence-electron chi connectivity index (χ2n) is 2.99. The third kappa shape index (κ3) is 3.05. The fourth-order valence-electron chi connectivity index (χ4n) is 1.07. The van der Waals surface area contributed by atoms with Crippen molar-refractivity contribution >= 4 is 26.6 Å². The number of nitrogens with two attached hydrogens (primary N) is 1. The Morgan fingerprint density at radius 2 is 1.92 bits per heavy atom. The summed E-state index contributed by atoms with van der Waals surface area (Å²) in [5.74, 6) is 0. The summed E-state index contributed by atoms with van der Waals surface area (Å²) in [5, 5.41) is 0. The van der Waals surface area contributed by atoms with Gasteiger partial charge in [0.15, 0.2) is 0 Å². The van der Waals surface area contributed by atoms with Crippen molar-refractivity contribution in [3.05, 3.63) is 29.8 Å². The summed E-state index contributed by atoms with van der Waals surface area (Å²) >= 11 is 0.223. The van der Waals surface area contributed by atoms with E-state index in [9.17, 15) is 0 Å². The molecule has 0 aliphatic carbocycles. The first kappa shape index (κ1) is 9.89. The number of anilines is 1. The number of rotatable bonds is 3. The van der Waals surface area contributed by atoms with Crippen molar-refractivity contribution in [1.29, 1.82) is 0 Å². The van der Waals surface area contributed by atoms with Crippen molar-refractivity contribution < 1.29 is 0 Å². The van der Waals surface area contributed by atoms with Crippen LogP contribution in [0.3, 0.4) is 0 Å². The molecular weight excluding hydrogens is 262 g/mol. The topological polar surface area (TPSA) is 26.0 Å². The summed E-state index contributed by atoms with van der Waals surface area (Å²) in [6.45, 7) is 2.33. The molecule has 0 radical (unpaired) electrons. The van der Waals surface area contributed by atoms with E-state index in [1.54, 1.807) is 0 Å². The number of nitrogen functional groups attached to an aromatic ring is 1. The maximum absolute atomic E-state index is 5.60. The van der Waals surface area contributed by atoms with Gasteiger partial charge in [0.1, 0.15) is 0 Å². The molecular formula is C10H15NTe. The Labute approximate surface area is 84.4 Å². The molecule has 0 bridgehead atoms. The Morgan fingerprint density at radius 3 is 2.42 bits per heavy atom. The van der Waals surface area contributed by atoms with Gasteiger partial charge >= 0.3 is 84.5 Å². The molecule has 0 saturated heterocycles. The molecule has 0 amide bonds. The van der Waals surface area contributed by atoms with Crippen LogP contribution in [0.4, 0.5) is 5.69 Å². The molecule has 2 N–H and O–H groups in total. The van der Waals surface area contributed by atoms with Gasteiger partial charge < -0.3 is 0 Å². The Bertz CT molecular complexity index is 230. The van der Waals surface area contributed by atoms with E-state index in [4.69, 9.17) is 5.73 Å². The average Bonchev–Trinajstić information content (AvgIpc) is 2.09. The van der Waals surface area contributed by atoms with Crippen LogP contribution in [0, 0.1) is 0 Å². The van der Waals surface area contributed by atoms with Crippen LogP contribution in [0.25, 0.3) is 0 Å². The van der Waals surface area contributed by atoms with Gasteiger partial charge in [-0.25, -0.2) is 0 Å². The standard InChI is InChI=1S/C10H15NTe/c1-8(12-2)7-9-3-5-10(11)6-4-9/h3-6,8H,7,11H2,1-2H3. The predicted octanol–water partition coefficient (Wildman–Crippen LogP) is 2.37. The molecule has 1 unspecified atom stereocenters. The molecule has 0 aliphatic rings. The molecule has 0 saturated carbocycles. The van der Waals surface area contributed by atoms with E-state index in [1.807, 2.05) is 12.1 Å². The van der Waals surface area contributed by atoms with E-state index < -0.39 is 0 Å². The monoisotopic (exact) mass is 279 g/mol. The first-order valence-corrected chi connectivity index (χ1v) is 7.77. The molecule has 1 rings (SSSR count). The number of benzene rings is 1. The summed E-state index contributed by atoms with van der Waals surface area (Å²) in [6, 6.07) is 8.24. The molecule has 2 heteroatoms. The van der Waals surface area contributed by atoms with Crippen LogP contribution in [-0.4, -0.2) is 20.9 Å². The summed E-state index contributed by atoms with van der Waals surface area (Å²) in [6.07, 6.45) is 1.22. The molecule has 12 heavy (non-hydrogen) atoms. The Balaban J connectivity index is 2.58. The van der Waals surface area contributed by atoms with Crippen molar-refractivity contribution in [2.45, 2.75) is 22.3 Å². The first-order valence-electron chi connectivity index (χ1n) is 4.09. The van der Waals surface area contributed by atoms with Gasteiger partial charge in [0.2, 0.25) is 0 Å². The molecule has 1 atom stereocenters. The van der Waals surface area contributed by atoms with Gasteiger partial charge in [0.05, 0.1) is 0 Å².